The molecule has 0 aliphatic carbocycles. The first kappa shape index (κ1) is 13.9. The minimum Gasteiger partial charge on any atom is -0.497 e. The van der Waals surface area contributed by atoms with Crippen molar-refractivity contribution >= 4 is 17.3 Å². The second-order valence-electron chi connectivity index (χ2n) is 4.63. The van der Waals surface area contributed by atoms with Crippen LogP contribution in [0.5, 0.6) is 5.75 Å². The molecule has 0 fully saturated rings. The fourth-order valence-electron chi connectivity index (χ4n) is 1.89. The maximum atomic E-state index is 12.4. The molecule has 2 N–H and O–H groups in total. The Morgan fingerprint density at radius 1 is 1.15 bits per heavy atom. The van der Waals surface area contributed by atoms with Crippen molar-refractivity contribution in [3.8, 4) is 5.75 Å². The second-order valence-corrected chi connectivity index (χ2v) is 4.63. The first-order chi connectivity index (χ1) is 9.52. The molecular weight excluding hydrogens is 252 g/mol. The third-order valence-corrected chi connectivity index (χ3v) is 3.29. The van der Waals surface area contributed by atoms with E-state index in [1.165, 1.54) is 0 Å². The van der Waals surface area contributed by atoms with E-state index in [0.29, 0.717) is 11.3 Å². The molecule has 0 spiro atoms. The number of carbonyl (C=O) groups excluding carboxylic acids is 1. The van der Waals surface area contributed by atoms with Gasteiger partial charge in [-0.3, -0.25) is 4.79 Å². The van der Waals surface area contributed by atoms with Gasteiger partial charge in [-0.1, -0.05) is 6.07 Å². The summed E-state index contributed by atoms with van der Waals surface area (Å²) < 4.78 is 5.10. The molecule has 0 aliphatic heterocycles. The Morgan fingerprint density at radius 3 is 2.35 bits per heavy atom. The summed E-state index contributed by atoms with van der Waals surface area (Å²) in [5.41, 5.74) is 8.81. The van der Waals surface area contributed by atoms with Crippen LogP contribution >= 0.6 is 0 Å². The van der Waals surface area contributed by atoms with Crippen molar-refractivity contribution in [2.24, 2.45) is 0 Å². The number of nitrogens with zero attached hydrogens (tertiary/aromatic N) is 1. The van der Waals surface area contributed by atoms with Gasteiger partial charge in [0, 0.05) is 24.0 Å². The van der Waals surface area contributed by atoms with E-state index in [0.717, 1.165) is 17.0 Å². The molecule has 2 rings (SSSR count). The van der Waals surface area contributed by atoms with Crippen molar-refractivity contribution in [3.63, 3.8) is 0 Å². The molecule has 4 heteroatoms. The molecule has 0 aliphatic rings. The van der Waals surface area contributed by atoms with Crippen molar-refractivity contribution in [1.29, 1.82) is 0 Å². The number of benzene rings is 2. The highest BCUT2D eigenvalue weighted by Crippen LogP contribution is 2.21. The van der Waals surface area contributed by atoms with Gasteiger partial charge in [0.1, 0.15) is 5.75 Å². The number of nitrogens with two attached hydrogens (primary N) is 1. The molecule has 4 nitrogen and oxygen atoms in total. The van der Waals surface area contributed by atoms with E-state index >= 15 is 0 Å². The van der Waals surface area contributed by atoms with Crippen LogP contribution in [-0.2, 0) is 0 Å². The molecule has 0 bridgehead atoms. The predicted octanol–water partition coefficient (Wildman–Crippen LogP) is 2.86. The summed E-state index contributed by atoms with van der Waals surface area (Å²) in [5.74, 6) is 0.663. The highest BCUT2D eigenvalue weighted by atomic mass is 16.5. The van der Waals surface area contributed by atoms with Crippen LogP contribution in [0, 0.1) is 6.92 Å². The van der Waals surface area contributed by atoms with Crippen LogP contribution in [0.3, 0.4) is 0 Å². The zero-order valence-corrected chi connectivity index (χ0v) is 11.9. The maximum Gasteiger partial charge on any atom is 0.258 e. The average Bonchev–Trinajstić information content (AvgIpc) is 2.48. The zero-order chi connectivity index (χ0) is 14.7. The Hall–Kier alpha value is -2.49. The molecule has 0 aromatic heterocycles. The number of amides is 1. The highest BCUT2D eigenvalue weighted by molar-refractivity contribution is 6.06. The van der Waals surface area contributed by atoms with Gasteiger partial charge in [-0.25, -0.2) is 0 Å². The summed E-state index contributed by atoms with van der Waals surface area (Å²) >= 11 is 0. The molecular formula is C16H18N2O2. The van der Waals surface area contributed by atoms with Crippen LogP contribution in [0.15, 0.2) is 42.5 Å². The number of rotatable bonds is 3. The number of aryl methyl sites for hydroxylation is 1. The standard InChI is InChI=1S/C16H18N2O2/c1-11-4-5-12(10-15(11)17)16(19)18(2)13-6-8-14(20-3)9-7-13/h4-10H,17H2,1-3H3. The van der Waals surface area contributed by atoms with Gasteiger partial charge in [-0.15, -0.1) is 0 Å². The number of carbonyl (C=O) groups is 1. The molecule has 104 valence electrons. The number of hydrogen-bond acceptors (Lipinski definition) is 3. The smallest absolute Gasteiger partial charge is 0.258 e. The Morgan fingerprint density at radius 2 is 1.80 bits per heavy atom. The van der Waals surface area contributed by atoms with Crippen molar-refractivity contribution in [3.05, 3.63) is 53.6 Å². The number of methoxy groups -OCH3 is 1. The highest BCUT2D eigenvalue weighted by Gasteiger charge is 2.14. The van der Waals surface area contributed by atoms with Crippen LogP contribution in [0.25, 0.3) is 0 Å². The topological polar surface area (TPSA) is 55.6 Å². The summed E-state index contributed by atoms with van der Waals surface area (Å²) in [6, 6.07) is 12.7. The van der Waals surface area contributed by atoms with E-state index in [9.17, 15) is 4.79 Å². The Labute approximate surface area is 118 Å². The lowest BCUT2D eigenvalue weighted by Gasteiger charge is -2.18. The fraction of sp³-hybridized carbons (Fsp3) is 0.188. The largest absolute Gasteiger partial charge is 0.497 e. The Bertz CT molecular complexity index is 621. The molecule has 0 atom stereocenters. The average molecular weight is 270 g/mol. The van der Waals surface area contributed by atoms with E-state index in [1.807, 2.05) is 37.3 Å². The normalized spacial score (nSPS) is 10.2. The lowest BCUT2D eigenvalue weighted by molar-refractivity contribution is 0.0993. The lowest BCUT2D eigenvalue weighted by atomic mass is 10.1. The molecule has 0 saturated heterocycles. The molecule has 2 aromatic carbocycles. The third kappa shape index (κ3) is 2.74. The molecule has 0 radical (unpaired) electrons. The van der Waals surface area contributed by atoms with Gasteiger partial charge >= 0.3 is 0 Å². The summed E-state index contributed by atoms with van der Waals surface area (Å²) in [5, 5.41) is 0. The quantitative estimate of drug-likeness (QED) is 0.872. The van der Waals surface area contributed by atoms with Gasteiger partial charge in [0.15, 0.2) is 0 Å². The van der Waals surface area contributed by atoms with Gasteiger partial charge in [0.05, 0.1) is 7.11 Å². The predicted molar refractivity (Wildman–Crippen MR) is 81.3 cm³/mol. The van der Waals surface area contributed by atoms with E-state index in [2.05, 4.69) is 0 Å². The molecule has 1 amide bonds. The fourth-order valence-corrected chi connectivity index (χ4v) is 1.89. The van der Waals surface area contributed by atoms with E-state index in [-0.39, 0.29) is 5.91 Å². The molecule has 0 unspecified atom stereocenters. The van der Waals surface area contributed by atoms with Crippen molar-refractivity contribution < 1.29 is 9.53 Å². The van der Waals surface area contributed by atoms with Crippen LogP contribution in [0.4, 0.5) is 11.4 Å². The SMILES string of the molecule is COc1ccc(N(C)C(=O)c2ccc(C)c(N)c2)cc1. The van der Waals surface area contributed by atoms with Crippen LogP contribution in [0.1, 0.15) is 15.9 Å². The summed E-state index contributed by atoms with van der Waals surface area (Å²) in [7, 11) is 3.35. The molecule has 20 heavy (non-hydrogen) atoms. The monoisotopic (exact) mass is 270 g/mol. The zero-order valence-electron chi connectivity index (χ0n) is 11.9. The molecule has 2 aromatic rings. The van der Waals surface area contributed by atoms with Gasteiger partial charge in [0.2, 0.25) is 0 Å². The van der Waals surface area contributed by atoms with Crippen molar-refractivity contribution in [1.82, 2.24) is 0 Å². The summed E-state index contributed by atoms with van der Waals surface area (Å²) in [6.45, 7) is 1.91. The maximum absolute atomic E-state index is 12.4. The number of anilines is 2. The third-order valence-electron chi connectivity index (χ3n) is 3.29. The van der Waals surface area contributed by atoms with E-state index < -0.39 is 0 Å². The Kier molecular flexibility index (Phi) is 3.94. The van der Waals surface area contributed by atoms with Gasteiger partial charge in [0.25, 0.3) is 5.91 Å². The van der Waals surface area contributed by atoms with Gasteiger partial charge in [-0.05, 0) is 48.9 Å². The minimum atomic E-state index is -0.0955. The van der Waals surface area contributed by atoms with Gasteiger partial charge < -0.3 is 15.4 Å². The van der Waals surface area contributed by atoms with E-state index in [4.69, 9.17) is 10.5 Å². The van der Waals surface area contributed by atoms with Crippen molar-refractivity contribution in [2.75, 3.05) is 24.8 Å². The Balaban J connectivity index is 2.24. The molecule has 0 saturated carbocycles. The van der Waals surface area contributed by atoms with Crippen LogP contribution < -0.4 is 15.4 Å². The van der Waals surface area contributed by atoms with Crippen LogP contribution in [0.2, 0.25) is 0 Å². The summed E-state index contributed by atoms with van der Waals surface area (Å²) in [6.07, 6.45) is 0. The van der Waals surface area contributed by atoms with Crippen molar-refractivity contribution in [2.45, 2.75) is 6.92 Å². The van der Waals surface area contributed by atoms with Crippen LogP contribution in [-0.4, -0.2) is 20.1 Å². The number of ether oxygens (including phenoxy) is 1. The molecule has 0 heterocycles. The lowest BCUT2D eigenvalue weighted by Crippen LogP contribution is -2.26. The van der Waals surface area contributed by atoms with Gasteiger partial charge in [-0.2, -0.15) is 0 Å². The first-order valence-corrected chi connectivity index (χ1v) is 6.31. The number of nitrogen functional groups attached to an aromatic ring is 1. The summed E-state index contributed by atoms with van der Waals surface area (Å²) in [4.78, 5) is 14.0. The van der Waals surface area contributed by atoms with E-state index in [1.54, 1.807) is 31.2 Å². The second kappa shape index (κ2) is 5.65. The first-order valence-electron chi connectivity index (χ1n) is 6.31. The number of hydrogen-bond donors (Lipinski definition) is 1. The minimum absolute atomic E-state index is 0.0955.